The van der Waals surface area contributed by atoms with Crippen LogP contribution in [0.3, 0.4) is 0 Å². The maximum atomic E-state index is 4.43. The van der Waals surface area contributed by atoms with E-state index in [1.165, 1.54) is 0 Å². The lowest BCUT2D eigenvalue weighted by molar-refractivity contribution is 0.351. The summed E-state index contributed by atoms with van der Waals surface area (Å²) in [6.45, 7) is 10.6. The average Bonchev–Trinajstić information content (AvgIpc) is 2.38. The van der Waals surface area contributed by atoms with Crippen molar-refractivity contribution < 1.29 is 0 Å². The van der Waals surface area contributed by atoms with Crippen molar-refractivity contribution in [3.63, 3.8) is 0 Å². The molecule has 2 rings (SSSR count). The van der Waals surface area contributed by atoms with Crippen LogP contribution in [0.15, 0.2) is 12.4 Å². The van der Waals surface area contributed by atoms with E-state index in [0.29, 0.717) is 0 Å². The van der Waals surface area contributed by atoms with Gasteiger partial charge in [-0.1, -0.05) is 6.92 Å². The van der Waals surface area contributed by atoms with Crippen LogP contribution in [0.2, 0.25) is 0 Å². The molecule has 0 aromatic carbocycles. The van der Waals surface area contributed by atoms with E-state index >= 15 is 0 Å². The summed E-state index contributed by atoms with van der Waals surface area (Å²) in [7, 11) is 2.08. The van der Waals surface area contributed by atoms with Gasteiger partial charge in [-0.3, -0.25) is 0 Å². The zero-order valence-corrected chi connectivity index (χ0v) is 12.5. The molecular weight excluding hydrogens is 238 g/mol. The van der Waals surface area contributed by atoms with Gasteiger partial charge in [0.15, 0.2) is 0 Å². The Morgan fingerprint density at radius 3 is 2.89 bits per heavy atom. The molecule has 1 aliphatic rings. The highest BCUT2D eigenvalue weighted by Crippen LogP contribution is 2.20. The molecule has 0 spiro atoms. The molecule has 1 saturated heterocycles. The van der Waals surface area contributed by atoms with Crippen molar-refractivity contribution in [3.8, 4) is 0 Å². The first kappa shape index (κ1) is 14.1. The summed E-state index contributed by atoms with van der Waals surface area (Å²) >= 11 is 0. The number of nitrogens with one attached hydrogen (secondary N) is 1. The summed E-state index contributed by atoms with van der Waals surface area (Å²) < 4.78 is 0. The second kappa shape index (κ2) is 5.74. The van der Waals surface area contributed by atoms with Gasteiger partial charge in [-0.25, -0.2) is 9.97 Å². The molecule has 5 heteroatoms. The van der Waals surface area contributed by atoms with E-state index in [1.54, 1.807) is 6.33 Å². The van der Waals surface area contributed by atoms with E-state index in [4.69, 9.17) is 0 Å². The third-order valence-electron chi connectivity index (χ3n) is 3.48. The van der Waals surface area contributed by atoms with Crippen molar-refractivity contribution >= 4 is 11.6 Å². The maximum Gasteiger partial charge on any atom is 0.134 e. The van der Waals surface area contributed by atoms with Gasteiger partial charge in [0.1, 0.15) is 18.0 Å². The molecule has 1 aromatic rings. The van der Waals surface area contributed by atoms with Gasteiger partial charge in [0, 0.05) is 44.8 Å². The molecule has 0 aliphatic carbocycles. The minimum atomic E-state index is 0.138. The van der Waals surface area contributed by atoms with Crippen molar-refractivity contribution in [2.45, 2.75) is 32.7 Å². The van der Waals surface area contributed by atoms with Crippen LogP contribution in [0.25, 0.3) is 0 Å². The van der Waals surface area contributed by atoms with Gasteiger partial charge >= 0.3 is 0 Å². The SMILES string of the molecule is CCCN(C)c1cc(N2CCNC(C)(C)C2)ncn1. The molecule has 1 fully saturated rings. The average molecular weight is 263 g/mol. The molecule has 0 saturated carbocycles. The number of nitrogens with zero attached hydrogens (tertiary/aromatic N) is 4. The Morgan fingerprint density at radius 2 is 2.21 bits per heavy atom. The van der Waals surface area contributed by atoms with Crippen molar-refractivity contribution in [1.82, 2.24) is 15.3 Å². The normalized spacial score (nSPS) is 18.4. The fourth-order valence-corrected chi connectivity index (χ4v) is 2.51. The number of rotatable bonds is 4. The van der Waals surface area contributed by atoms with Crippen LogP contribution in [0.4, 0.5) is 11.6 Å². The Bertz CT molecular complexity index is 418. The standard InChI is InChI=1S/C14H25N5/c1-5-7-18(4)12-9-13(16-11-15-12)19-8-6-17-14(2,3)10-19/h9,11,17H,5-8,10H2,1-4H3. The molecule has 1 aliphatic heterocycles. The Hall–Kier alpha value is -1.36. The van der Waals surface area contributed by atoms with E-state index in [2.05, 4.69) is 59.0 Å². The Labute approximate surface area is 116 Å². The predicted octanol–water partition coefficient (Wildman–Crippen LogP) is 1.51. The van der Waals surface area contributed by atoms with Crippen LogP contribution >= 0.6 is 0 Å². The number of anilines is 2. The second-order valence-corrected chi connectivity index (χ2v) is 5.89. The van der Waals surface area contributed by atoms with Gasteiger partial charge in [0.25, 0.3) is 0 Å². The summed E-state index contributed by atoms with van der Waals surface area (Å²) in [5.41, 5.74) is 0.138. The van der Waals surface area contributed by atoms with Gasteiger partial charge < -0.3 is 15.1 Å². The maximum absolute atomic E-state index is 4.43. The molecule has 0 unspecified atom stereocenters. The summed E-state index contributed by atoms with van der Waals surface area (Å²) in [4.78, 5) is 13.3. The molecule has 5 nitrogen and oxygen atoms in total. The molecule has 2 heterocycles. The molecule has 0 atom stereocenters. The summed E-state index contributed by atoms with van der Waals surface area (Å²) in [6.07, 6.45) is 2.79. The first-order valence-corrected chi connectivity index (χ1v) is 7.05. The van der Waals surface area contributed by atoms with Crippen molar-refractivity contribution in [2.24, 2.45) is 0 Å². The zero-order valence-electron chi connectivity index (χ0n) is 12.5. The third-order valence-corrected chi connectivity index (χ3v) is 3.48. The van der Waals surface area contributed by atoms with Crippen molar-refractivity contribution in [3.05, 3.63) is 12.4 Å². The van der Waals surface area contributed by atoms with E-state index in [0.717, 1.165) is 44.2 Å². The fourth-order valence-electron chi connectivity index (χ4n) is 2.51. The van der Waals surface area contributed by atoms with Gasteiger partial charge in [0.2, 0.25) is 0 Å². The molecule has 1 N–H and O–H groups in total. The van der Waals surface area contributed by atoms with Crippen LogP contribution in [-0.4, -0.2) is 48.7 Å². The Balaban J connectivity index is 2.14. The number of aromatic nitrogens is 2. The second-order valence-electron chi connectivity index (χ2n) is 5.89. The molecule has 0 radical (unpaired) electrons. The van der Waals surface area contributed by atoms with Gasteiger partial charge in [0.05, 0.1) is 0 Å². The number of hydrogen-bond acceptors (Lipinski definition) is 5. The smallest absolute Gasteiger partial charge is 0.134 e. The van der Waals surface area contributed by atoms with Crippen LogP contribution in [0.5, 0.6) is 0 Å². The lowest BCUT2D eigenvalue weighted by atomic mass is 10.0. The zero-order chi connectivity index (χ0) is 13.9. The molecule has 19 heavy (non-hydrogen) atoms. The summed E-state index contributed by atoms with van der Waals surface area (Å²) in [5, 5.41) is 3.52. The van der Waals surface area contributed by atoms with E-state index in [1.807, 2.05) is 0 Å². The summed E-state index contributed by atoms with van der Waals surface area (Å²) in [6, 6.07) is 2.09. The quantitative estimate of drug-likeness (QED) is 0.892. The van der Waals surface area contributed by atoms with Crippen LogP contribution < -0.4 is 15.1 Å². The van der Waals surface area contributed by atoms with Gasteiger partial charge in [-0.15, -0.1) is 0 Å². The minimum absolute atomic E-state index is 0.138. The van der Waals surface area contributed by atoms with Crippen LogP contribution in [0, 0.1) is 0 Å². The molecule has 106 valence electrons. The largest absolute Gasteiger partial charge is 0.360 e. The molecular formula is C14H25N5. The number of hydrogen-bond donors (Lipinski definition) is 1. The third kappa shape index (κ3) is 3.56. The molecule has 0 amide bonds. The van der Waals surface area contributed by atoms with Gasteiger partial charge in [-0.05, 0) is 20.3 Å². The number of piperazine rings is 1. The lowest BCUT2D eigenvalue weighted by Crippen LogP contribution is -2.57. The molecule has 1 aromatic heterocycles. The first-order chi connectivity index (χ1) is 9.02. The highest BCUT2D eigenvalue weighted by molar-refractivity contribution is 5.50. The van der Waals surface area contributed by atoms with E-state index in [9.17, 15) is 0 Å². The topological polar surface area (TPSA) is 44.3 Å². The van der Waals surface area contributed by atoms with E-state index < -0.39 is 0 Å². The highest BCUT2D eigenvalue weighted by atomic mass is 15.3. The van der Waals surface area contributed by atoms with Crippen molar-refractivity contribution in [1.29, 1.82) is 0 Å². The highest BCUT2D eigenvalue weighted by Gasteiger charge is 2.26. The monoisotopic (exact) mass is 263 g/mol. The molecule has 0 bridgehead atoms. The van der Waals surface area contributed by atoms with E-state index in [-0.39, 0.29) is 5.54 Å². The Kier molecular flexibility index (Phi) is 4.24. The Morgan fingerprint density at radius 1 is 1.42 bits per heavy atom. The van der Waals surface area contributed by atoms with Gasteiger partial charge in [-0.2, -0.15) is 0 Å². The fraction of sp³-hybridized carbons (Fsp3) is 0.714. The van der Waals surface area contributed by atoms with Crippen molar-refractivity contribution in [2.75, 3.05) is 43.0 Å². The van der Waals surface area contributed by atoms with Crippen LogP contribution in [0.1, 0.15) is 27.2 Å². The lowest BCUT2D eigenvalue weighted by Gasteiger charge is -2.39. The first-order valence-electron chi connectivity index (χ1n) is 7.05. The van der Waals surface area contributed by atoms with Crippen LogP contribution in [-0.2, 0) is 0 Å². The summed E-state index contributed by atoms with van der Waals surface area (Å²) in [5.74, 6) is 2.03. The minimum Gasteiger partial charge on any atom is -0.360 e. The predicted molar refractivity (Wildman–Crippen MR) is 79.9 cm³/mol.